The molecule has 3 atom stereocenters. The number of hydrogen-bond acceptors (Lipinski definition) is 8. The van der Waals surface area contributed by atoms with Gasteiger partial charge >= 0.3 is 0 Å². The summed E-state index contributed by atoms with van der Waals surface area (Å²) in [7, 11) is 0. The Labute approximate surface area is 168 Å². The van der Waals surface area contributed by atoms with Crippen molar-refractivity contribution in [2.45, 2.75) is 56.4 Å². The highest BCUT2D eigenvalue weighted by Crippen LogP contribution is 2.51. The first kappa shape index (κ1) is 17.3. The zero-order chi connectivity index (χ0) is 19.4. The van der Waals surface area contributed by atoms with Gasteiger partial charge in [0.05, 0.1) is 11.5 Å². The molecule has 8 nitrogen and oxygen atoms in total. The van der Waals surface area contributed by atoms with Gasteiger partial charge in [0.25, 0.3) is 0 Å². The Hall–Kier alpha value is -2.61. The van der Waals surface area contributed by atoms with Crippen LogP contribution in [-0.4, -0.2) is 43.3 Å². The molecule has 4 heterocycles. The summed E-state index contributed by atoms with van der Waals surface area (Å²) in [5.74, 6) is 4.00. The highest BCUT2D eigenvalue weighted by Gasteiger charge is 2.55. The number of aromatic nitrogens is 5. The maximum atomic E-state index is 5.82. The number of hydrogen-bond donors (Lipinski definition) is 0. The number of likely N-dealkylation sites (tertiary alicyclic amines) is 1. The molecule has 3 aliphatic rings. The zero-order valence-corrected chi connectivity index (χ0v) is 16.5. The molecule has 150 valence electrons. The maximum Gasteiger partial charge on any atom is 0.243 e. The molecule has 6 rings (SSSR count). The van der Waals surface area contributed by atoms with Crippen molar-refractivity contribution in [2.75, 3.05) is 13.1 Å². The minimum Gasteiger partial charge on any atom is -0.338 e. The predicted molar refractivity (Wildman–Crippen MR) is 103 cm³/mol. The Balaban J connectivity index is 1.27. The normalized spacial score (nSPS) is 28.0. The molecular weight excluding hydrogens is 368 g/mol. The van der Waals surface area contributed by atoms with Crippen LogP contribution in [-0.2, 0) is 5.41 Å². The molecule has 29 heavy (non-hydrogen) atoms. The van der Waals surface area contributed by atoms with Crippen molar-refractivity contribution in [3.63, 3.8) is 0 Å². The largest absolute Gasteiger partial charge is 0.338 e. The summed E-state index contributed by atoms with van der Waals surface area (Å²) in [6.45, 7) is 4.04. The Morgan fingerprint density at radius 1 is 1.17 bits per heavy atom. The predicted octanol–water partition coefficient (Wildman–Crippen LogP) is 3.51. The summed E-state index contributed by atoms with van der Waals surface area (Å²) >= 11 is 0. The highest BCUT2D eigenvalue weighted by atomic mass is 16.5. The Bertz CT molecular complexity index is 1010. The van der Waals surface area contributed by atoms with Gasteiger partial charge in [0, 0.05) is 37.0 Å². The summed E-state index contributed by atoms with van der Waals surface area (Å²) in [4.78, 5) is 16.1. The van der Waals surface area contributed by atoms with E-state index in [0.717, 1.165) is 42.7 Å². The zero-order valence-electron chi connectivity index (χ0n) is 16.5. The minimum atomic E-state index is -0.0823. The molecular formula is C21H24N6O2. The second kappa shape index (κ2) is 6.45. The van der Waals surface area contributed by atoms with E-state index in [1.165, 1.54) is 25.7 Å². The first-order chi connectivity index (χ1) is 14.2. The Kier molecular flexibility index (Phi) is 3.84. The van der Waals surface area contributed by atoms with Gasteiger partial charge in [0.2, 0.25) is 17.6 Å². The van der Waals surface area contributed by atoms with E-state index in [-0.39, 0.29) is 11.5 Å². The molecule has 8 heteroatoms. The molecule has 0 amide bonds. The van der Waals surface area contributed by atoms with E-state index >= 15 is 0 Å². The van der Waals surface area contributed by atoms with Gasteiger partial charge in [-0.15, -0.1) is 0 Å². The van der Waals surface area contributed by atoms with Crippen molar-refractivity contribution < 1.29 is 9.05 Å². The van der Waals surface area contributed by atoms with Crippen LogP contribution in [0.3, 0.4) is 0 Å². The molecule has 0 N–H and O–H groups in total. The van der Waals surface area contributed by atoms with Gasteiger partial charge in [-0.25, -0.2) is 0 Å². The van der Waals surface area contributed by atoms with Gasteiger partial charge in [-0.1, -0.05) is 16.7 Å². The molecule has 3 aromatic rings. The molecule has 2 saturated carbocycles. The maximum absolute atomic E-state index is 5.82. The molecule has 0 radical (unpaired) electrons. The van der Waals surface area contributed by atoms with Crippen molar-refractivity contribution in [3.8, 4) is 11.4 Å². The number of pyridine rings is 1. The molecule has 0 aromatic carbocycles. The third-order valence-electron chi connectivity index (χ3n) is 6.97. The molecule has 3 fully saturated rings. The molecule has 0 unspecified atom stereocenters. The summed E-state index contributed by atoms with van der Waals surface area (Å²) < 4.78 is 11.4. The van der Waals surface area contributed by atoms with Crippen molar-refractivity contribution in [1.29, 1.82) is 0 Å². The van der Waals surface area contributed by atoms with Gasteiger partial charge in [-0.05, 0) is 50.7 Å². The van der Waals surface area contributed by atoms with Gasteiger partial charge in [0.15, 0.2) is 5.82 Å². The van der Waals surface area contributed by atoms with Crippen LogP contribution >= 0.6 is 0 Å². The van der Waals surface area contributed by atoms with Crippen LogP contribution in [0.1, 0.15) is 68.6 Å². The number of nitrogens with zero attached hydrogens (tertiary/aromatic N) is 6. The minimum absolute atomic E-state index is 0.0823. The number of fused-ring (bicyclic) bond motifs is 1. The monoisotopic (exact) mass is 392 g/mol. The second-order valence-corrected chi connectivity index (χ2v) is 8.78. The molecule has 3 aromatic heterocycles. The number of rotatable bonds is 5. The summed E-state index contributed by atoms with van der Waals surface area (Å²) in [6.07, 6.45) is 9.34. The molecule has 0 spiro atoms. The van der Waals surface area contributed by atoms with E-state index in [2.05, 4.69) is 32.1 Å². The van der Waals surface area contributed by atoms with Gasteiger partial charge in [0.1, 0.15) is 0 Å². The average molecular weight is 392 g/mol. The van der Waals surface area contributed by atoms with E-state index < -0.39 is 0 Å². The van der Waals surface area contributed by atoms with Crippen LogP contribution in [0.4, 0.5) is 0 Å². The van der Waals surface area contributed by atoms with E-state index in [9.17, 15) is 0 Å². The molecule has 1 saturated heterocycles. The van der Waals surface area contributed by atoms with Gasteiger partial charge in [-0.2, -0.15) is 9.97 Å². The molecule has 2 aliphatic carbocycles. The first-order valence-corrected chi connectivity index (χ1v) is 10.5. The van der Waals surface area contributed by atoms with Gasteiger partial charge < -0.3 is 9.05 Å². The highest BCUT2D eigenvalue weighted by molar-refractivity contribution is 5.52. The molecule has 0 bridgehead atoms. The Morgan fingerprint density at radius 2 is 2.10 bits per heavy atom. The second-order valence-electron chi connectivity index (χ2n) is 8.78. The first-order valence-electron chi connectivity index (χ1n) is 10.5. The summed E-state index contributed by atoms with van der Waals surface area (Å²) in [6, 6.07) is 3.95. The SMILES string of the molecule is C[C@H](c1nc(C2CC2)no1)N1C[C@H]2CCC[C@@]2(c2nc(-c3cccnc3)no2)C1. The summed E-state index contributed by atoms with van der Waals surface area (Å²) in [5.41, 5.74) is 0.802. The standard InChI is InChI=1S/C21H24N6O2/c1-13(19-23-17(25-28-19)14-6-7-14)27-11-16-5-2-8-21(16,12-27)20-24-18(26-29-20)15-4-3-9-22-10-15/h3-4,9-10,13-14,16H,2,5-8,11-12H2,1H3/t13-,16-,21-/m1/s1. The van der Waals surface area contributed by atoms with Crippen molar-refractivity contribution in [3.05, 3.63) is 42.1 Å². The van der Waals surface area contributed by atoms with E-state index in [1.807, 2.05) is 12.1 Å². The fraction of sp³-hybridized carbons (Fsp3) is 0.571. The van der Waals surface area contributed by atoms with Crippen molar-refractivity contribution in [2.24, 2.45) is 5.92 Å². The van der Waals surface area contributed by atoms with Crippen LogP contribution in [0.15, 0.2) is 33.6 Å². The van der Waals surface area contributed by atoms with E-state index in [0.29, 0.717) is 17.7 Å². The quantitative estimate of drug-likeness (QED) is 0.651. The van der Waals surface area contributed by atoms with Crippen LogP contribution in [0.25, 0.3) is 11.4 Å². The van der Waals surface area contributed by atoms with Gasteiger partial charge in [-0.3, -0.25) is 9.88 Å². The topological polar surface area (TPSA) is 94.0 Å². The third kappa shape index (κ3) is 2.80. The summed E-state index contributed by atoms with van der Waals surface area (Å²) in [5, 5.41) is 8.45. The van der Waals surface area contributed by atoms with E-state index in [1.54, 1.807) is 12.4 Å². The lowest BCUT2D eigenvalue weighted by Crippen LogP contribution is -2.33. The van der Waals surface area contributed by atoms with Crippen LogP contribution < -0.4 is 0 Å². The smallest absolute Gasteiger partial charge is 0.243 e. The molecule has 1 aliphatic heterocycles. The lowest BCUT2D eigenvalue weighted by atomic mass is 9.80. The lowest BCUT2D eigenvalue weighted by Gasteiger charge is -2.26. The van der Waals surface area contributed by atoms with Crippen LogP contribution in [0.2, 0.25) is 0 Å². The average Bonchev–Trinajstić information content (AvgIpc) is 3.15. The van der Waals surface area contributed by atoms with Crippen LogP contribution in [0.5, 0.6) is 0 Å². The lowest BCUT2D eigenvalue weighted by molar-refractivity contribution is 0.185. The van der Waals surface area contributed by atoms with Crippen molar-refractivity contribution >= 4 is 0 Å². The Morgan fingerprint density at radius 3 is 2.93 bits per heavy atom. The third-order valence-corrected chi connectivity index (χ3v) is 6.97. The van der Waals surface area contributed by atoms with E-state index in [4.69, 9.17) is 14.0 Å². The van der Waals surface area contributed by atoms with Crippen molar-refractivity contribution in [1.82, 2.24) is 30.2 Å². The van der Waals surface area contributed by atoms with Crippen LogP contribution in [0, 0.1) is 5.92 Å². The fourth-order valence-electron chi connectivity index (χ4n) is 5.09. The fourth-order valence-corrected chi connectivity index (χ4v) is 5.09.